The van der Waals surface area contributed by atoms with E-state index >= 15 is 0 Å². The van der Waals surface area contributed by atoms with E-state index in [0.29, 0.717) is 10.7 Å². The Morgan fingerprint density at radius 3 is 2.62 bits per heavy atom. The van der Waals surface area contributed by atoms with E-state index < -0.39 is 0 Å². The summed E-state index contributed by atoms with van der Waals surface area (Å²) in [5, 5.41) is 0. The molecule has 0 N–H and O–H groups in total. The zero-order valence-electron chi connectivity index (χ0n) is 10.3. The highest BCUT2D eigenvalue weighted by Crippen LogP contribution is 2.20. The molecule has 1 atom stereocenters. The van der Waals surface area contributed by atoms with Gasteiger partial charge in [0.25, 0.3) is 0 Å². The zero-order valence-corrected chi connectivity index (χ0v) is 11.8. The molecule has 0 bridgehead atoms. The minimum atomic E-state index is -0.125. The van der Waals surface area contributed by atoms with Gasteiger partial charge in [-0.05, 0) is 55.4 Å². The number of hydrogen-bond donors (Lipinski definition) is 0. The first-order valence-corrected chi connectivity index (χ1v) is 6.81. The first kappa shape index (κ1) is 13.7. The van der Waals surface area contributed by atoms with E-state index in [9.17, 15) is 4.39 Å². The van der Waals surface area contributed by atoms with Gasteiger partial charge in [-0.3, -0.25) is 0 Å². The quantitative estimate of drug-likeness (QED) is 0.677. The lowest BCUT2D eigenvalue weighted by Crippen LogP contribution is -2.07. The lowest BCUT2D eigenvalue weighted by Gasteiger charge is -2.13. The minimum Gasteiger partial charge on any atom is -0.207 e. The number of rotatable bonds is 5. The molecule has 0 amide bonds. The van der Waals surface area contributed by atoms with Gasteiger partial charge in [-0.25, -0.2) is 4.39 Å². The molecular formula is C14H20BrF. The second-order valence-electron chi connectivity index (χ2n) is 4.72. The molecule has 0 fully saturated rings. The van der Waals surface area contributed by atoms with Crippen LogP contribution in [0.2, 0.25) is 0 Å². The Balaban J connectivity index is 2.45. The Morgan fingerprint density at radius 1 is 1.31 bits per heavy atom. The molecule has 0 nitrogen and oxygen atoms in total. The number of aryl methyl sites for hydroxylation is 2. The Hall–Kier alpha value is -0.370. The average molecular weight is 287 g/mol. The van der Waals surface area contributed by atoms with Crippen LogP contribution in [0.1, 0.15) is 37.8 Å². The fraction of sp³-hybridized carbons (Fsp3) is 0.571. The third-order valence-corrected chi connectivity index (χ3v) is 4.48. The molecule has 0 saturated carbocycles. The molecule has 0 aromatic heterocycles. The normalized spacial score (nSPS) is 13.1. The van der Waals surface area contributed by atoms with Crippen LogP contribution in [-0.2, 0) is 6.42 Å². The van der Waals surface area contributed by atoms with Crippen LogP contribution < -0.4 is 0 Å². The maximum Gasteiger partial charge on any atom is 0.123 e. The van der Waals surface area contributed by atoms with Crippen molar-refractivity contribution >= 4 is 15.9 Å². The number of hydrogen-bond acceptors (Lipinski definition) is 0. The van der Waals surface area contributed by atoms with Crippen LogP contribution >= 0.6 is 15.9 Å². The van der Waals surface area contributed by atoms with Crippen molar-refractivity contribution in [2.45, 2.75) is 44.9 Å². The van der Waals surface area contributed by atoms with Crippen molar-refractivity contribution in [1.82, 2.24) is 0 Å². The maximum atomic E-state index is 13.1. The Morgan fingerprint density at radius 2 is 2.00 bits per heavy atom. The van der Waals surface area contributed by atoms with E-state index in [1.54, 1.807) is 6.07 Å². The SMILES string of the molecule is Cc1ccc(F)cc1CCCC(Br)C(C)C. The highest BCUT2D eigenvalue weighted by molar-refractivity contribution is 9.09. The Labute approximate surface area is 106 Å². The first-order valence-electron chi connectivity index (χ1n) is 5.90. The van der Waals surface area contributed by atoms with Crippen molar-refractivity contribution in [2.75, 3.05) is 0 Å². The van der Waals surface area contributed by atoms with Gasteiger partial charge in [0.15, 0.2) is 0 Å². The summed E-state index contributed by atoms with van der Waals surface area (Å²) >= 11 is 3.67. The fourth-order valence-corrected chi connectivity index (χ4v) is 2.05. The number of halogens is 2. The Bertz CT molecular complexity index is 334. The van der Waals surface area contributed by atoms with Gasteiger partial charge in [-0.1, -0.05) is 35.8 Å². The standard InChI is InChI=1S/C14H20BrF/c1-10(2)14(15)6-4-5-12-9-13(16)8-7-11(12)3/h7-10,14H,4-6H2,1-3H3. The van der Waals surface area contributed by atoms with Gasteiger partial charge < -0.3 is 0 Å². The molecule has 0 heterocycles. The summed E-state index contributed by atoms with van der Waals surface area (Å²) in [6, 6.07) is 5.05. The summed E-state index contributed by atoms with van der Waals surface area (Å²) in [7, 11) is 0. The molecule has 1 aromatic rings. The zero-order chi connectivity index (χ0) is 12.1. The Kier molecular flexibility index (Phi) is 5.47. The van der Waals surface area contributed by atoms with Crippen molar-refractivity contribution in [3.05, 3.63) is 35.1 Å². The van der Waals surface area contributed by atoms with Crippen LogP contribution in [0.4, 0.5) is 4.39 Å². The molecule has 0 spiro atoms. The second kappa shape index (κ2) is 6.39. The van der Waals surface area contributed by atoms with Crippen molar-refractivity contribution in [1.29, 1.82) is 0 Å². The summed E-state index contributed by atoms with van der Waals surface area (Å²) in [5.41, 5.74) is 2.33. The van der Waals surface area contributed by atoms with Gasteiger partial charge in [0.1, 0.15) is 5.82 Å². The number of alkyl halides is 1. The fourth-order valence-electron chi connectivity index (χ4n) is 1.73. The van der Waals surface area contributed by atoms with Gasteiger partial charge in [-0.15, -0.1) is 0 Å². The summed E-state index contributed by atoms with van der Waals surface area (Å²) in [6.45, 7) is 6.47. The largest absolute Gasteiger partial charge is 0.207 e. The lowest BCUT2D eigenvalue weighted by atomic mass is 9.99. The predicted octanol–water partition coefficient (Wildman–Crippen LogP) is 4.88. The third kappa shape index (κ3) is 4.25. The van der Waals surface area contributed by atoms with Gasteiger partial charge >= 0.3 is 0 Å². The molecule has 0 aliphatic heterocycles. The summed E-state index contributed by atoms with van der Waals surface area (Å²) in [4.78, 5) is 0.571. The summed E-state index contributed by atoms with van der Waals surface area (Å²) in [5.74, 6) is 0.536. The summed E-state index contributed by atoms with van der Waals surface area (Å²) < 4.78 is 13.1. The van der Waals surface area contributed by atoms with Gasteiger partial charge in [0, 0.05) is 4.83 Å². The van der Waals surface area contributed by atoms with E-state index in [1.165, 1.54) is 11.6 Å². The van der Waals surface area contributed by atoms with Crippen LogP contribution in [0.15, 0.2) is 18.2 Å². The molecule has 1 aromatic carbocycles. The third-order valence-electron chi connectivity index (χ3n) is 2.96. The van der Waals surface area contributed by atoms with E-state index in [1.807, 2.05) is 13.0 Å². The monoisotopic (exact) mass is 286 g/mol. The van der Waals surface area contributed by atoms with Crippen molar-refractivity contribution < 1.29 is 4.39 Å². The molecule has 1 unspecified atom stereocenters. The van der Waals surface area contributed by atoms with Crippen LogP contribution in [0.5, 0.6) is 0 Å². The van der Waals surface area contributed by atoms with Crippen molar-refractivity contribution in [2.24, 2.45) is 5.92 Å². The van der Waals surface area contributed by atoms with Crippen LogP contribution in [-0.4, -0.2) is 4.83 Å². The van der Waals surface area contributed by atoms with Crippen LogP contribution in [0.3, 0.4) is 0 Å². The molecule has 0 aliphatic rings. The van der Waals surface area contributed by atoms with E-state index in [2.05, 4.69) is 29.8 Å². The molecule has 90 valence electrons. The van der Waals surface area contributed by atoms with E-state index in [-0.39, 0.29) is 5.82 Å². The molecule has 1 rings (SSSR count). The molecule has 2 heteroatoms. The summed E-state index contributed by atoms with van der Waals surface area (Å²) in [6.07, 6.45) is 3.23. The molecule has 16 heavy (non-hydrogen) atoms. The molecule has 0 saturated heterocycles. The first-order chi connectivity index (χ1) is 7.50. The van der Waals surface area contributed by atoms with E-state index in [4.69, 9.17) is 0 Å². The molecular weight excluding hydrogens is 267 g/mol. The van der Waals surface area contributed by atoms with Gasteiger partial charge in [0.2, 0.25) is 0 Å². The molecule has 0 aliphatic carbocycles. The highest BCUT2D eigenvalue weighted by Gasteiger charge is 2.09. The smallest absolute Gasteiger partial charge is 0.123 e. The average Bonchev–Trinajstić information content (AvgIpc) is 2.22. The van der Waals surface area contributed by atoms with Gasteiger partial charge in [0.05, 0.1) is 0 Å². The van der Waals surface area contributed by atoms with E-state index in [0.717, 1.165) is 24.8 Å². The van der Waals surface area contributed by atoms with Gasteiger partial charge in [-0.2, -0.15) is 0 Å². The topological polar surface area (TPSA) is 0 Å². The van der Waals surface area contributed by atoms with Crippen molar-refractivity contribution in [3.8, 4) is 0 Å². The second-order valence-corrected chi connectivity index (χ2v) is 5.90. The molecule has 0 radical (unpaired) electrons. The van der Waals surface area contributed by atoms with Crippen LogP contribution in [0.25, 0.3) is 0 Å². The maximum absolute atomic E-state index is 13.1. The van der Waals surface area contributed by atoms with Crippen molar-refractivity contribution in [3.63, 3.8) is 0 Å². The highest BCUT2D eigenvalue weighted by atomic mass is 79.9. The lowest BCUT2D eigenvalue weighted by molar-refractivity contribution is 0.561. The number of benzene rings is 1. The minimum absolute atomic E-state index is 0.125. The van der Waals surface area contributed by atoms with Crippen LogP contribution in [0, 0.1) is 18.7 Å². The predicted molar refractivity (Wildman–Crippen MR) is 71.6 cm³/mol.